The number of carbonyl (C=O) groups excluding carboxylic acids is 1. The highest BCUT2D eigenvalue weighted by atomic mass is 19.4. The van der Waals surface area contributed by atoms with E-state index in [4.69, 9.17) is 23.5 Å². The summed E-state index contributed by atoms with van der Waals surface area (Å²) < 4.78 is 48.2. The van der Waals surface area contributed by atoms with Crippen LogP contribution >= 0.6 is 0 Å². The lowest BCUT2D eigenvalue weighted by Crippen LogP contribution is -2.38. The Balaban J connectivity index is 0.000000360. The highest BCUT2D eigenvalue weighted by Crippen LogP contribution is 2.36. The molecule has 0 aliphatic carbocycles. The van der Waals surface area contributed by atoms with Crippen LogP contribution in [0, 0.1) is 17.8 Å². The van der Waals surface area contributed by atoms with E-state index in [0.717, 1.165) is 37.8 Å². The summed E-state index contributed by atoms with van der Waals surface area (Å²) in [4.78, 5) is 23.6. The van der Waals surface area contributed by atoms with Crippen LogP contribution in [0.5, 0.6) is 0 Å². The Morgan fingerprint density at radius 2 is 1.75 bits per heavy atom. The summed E-state index contributed by atoms with van der Waals surface area (Å²) in [5.41, 5.74) is 0. The Hall–Kier alpha value is -2.79. The number of amides is 1. The first-order valence-electron chi connectivity index (χ1n) is 10.1. The minimum Gasteiger partial charge on any atom is -0.475 e. The maximum absolute atomic E-state index is 12.3. The Morgan fingerprint density at radius 3 is 2.34 bits per heavy atom. The largest absolute Gasteiger partial charge is 0.490 e. The molecule has 2 N–H and O–H groups in total. The molecule has 0 spiro atoms. The van der Waals surface area contributed by atoms with Crippen molar-refractivity contribution in [2.24, 2.45) is 17.8 Å². The maximum atomic E-state index is 12.3. The Kier molecular flexibility index (Phi) is 7.97. The van der Waals surface area contributed by atoms with E-state index < -0.39 is 12.1 Å². The van der Waals surface area contributed by atoms with Crippen molar-refractivity contribution in [3.05, 3.63) is 48.3 Å². The summed E-state index contributed by atoms with van der Waals surface area (Å²) in [6.07, 6.45) is -1.24. The number of nitrogens with zero attached hydrogens (tertiary/aromatic N) is 1. The molecule has 2 aliphatic heterocycles. The van der Waals surface area contributed by atoms with Crippen molar-refractivity contribution in [3.8, 4) is 0 Å². The van der Waals surface area contributed by atoms with Gasteiger partial charge in [-0.05, 0) is 42.0 Å². The quantitative estimate of drug-likeness (QED) is 0.686. The van der Waals surface area contributed by atoms with Gasteiger partial charge in [0, 0.05) is 19.5 Å². The first-order chi connectivity index (χ1) is 15.2. The number of nitrogens with one attached hydrogen (secondary N) is 1. The van der Waals surface area contributed by atoms with Gasteiger partial charge in [-0.15, -0.1) is 0 Å². The smallest absolute Gasteiger partial charge is 0.475 e. The molecule has 0 saturated carbocycles. The molecule has 11 heteroatoms. The molecule has 0 radical (unpaired) electrons. The van der Waals surface area contributed by atoms with E-state index in [-0.39, 0.29) is 11.8 Å². The van der Waals surface area contributed by atoms with Crippen molar-refractivity contribution < 1.29 is 41.4 Å². The van der Waals surface area contributed by atoms with E-state index in [0.29, 0.717) is 31.4 Å². The molecule has 2 saturated heterocycles. The second kappa shape index (κ2) is 10.7. The van der Waals surface area contributed by atoms with Gasteiger partial charge in [0.2, 0.25) is 5.91 Å². The SMILES string of the molecule is O=C(C[C@@H]1COC[C@H]2CN(Cc3ccco3)C[C@@H]12)NCc1ccco1.O=C(O)C(F)(F)F. The molecule has 2 aliphatic rings. The van der Waals surface area contributed by atoms with Crippen molar-refractivity contribution in [1.82, 2.24) is 10.2 Å². The fourth-order valence-electron chi connectivity index (χ4n) is 4.06. The van der Waals surface area contributed by atoms with Crippen LogP contribution in [-0.4, -0.2) is 54.4 Å². The minimum atomic E-state index is -5.08. The molecule has 32 heavy (non-hydrogen) atoms. The number of alkyl halides is 3. The van der Waals surface area contributed by atoms with E-state index in [1.54, 1.807) is 12.5 Å². The summed E-state index contributed by atoms with van der Waals surface area (Å²) in [5.74, 6) is 0.369. The molecular formula is C21H25F3N2O6. The highest BCUT2D eigenvalue weighted by molar-refractivity contribution is 5.76. The predicted molar refractivity (Wildman–Crippen MR) is 104 cm³/mol. The number of fused-ring (bicyclic) bond motifs is 1. The van der Waals surface area contributed by atoms with Crippen LogP contribution in [0.2, 0.25) is 0 Å². The molecule has 3 atom stereocenters. The maximum Gasteiger partial charge on any atom is 0.490 e. The van der Waals surface area contributed by atoms with Crippen molar-refractivity contribution in [1.29, 1.82) is 0 Å². The van der Waals surface area contributed by atoms with Gasteiger partial charge < -0.3 is 24.0 Å². The lowest BCUT2D eigenvalue weighted by molar-refractivity contribution is -0.192. The van der Waals surface area contributed by atoms with Crippen LogP contribution in [0.3, 0.4) is 0 Å². The molecule has 1 amide bonds. The van der Waals surface area contributed by atoms with Crippen LogP contribution in [0.25, 0.3) is 0 Å². The zero-order valence-electron chi connectivity index (χ0n) is 17.2. The lowest BCUT2D eigenvalue weighted by Gasteiger charge is -2.32. The van der Waals surface area contributed by atoms with Gasteiger partial charge in [0.1, 0.15) is 11.5 Å². The number of furan rings is 2. The number of carboxylic acids is 1. The average Bonchev–Trinajstić information content (AvgIpc) is 3.49. The molecule has 0 unspecified atom stereocenters. The fourth-order valence-corrected chi connectivity index (χ4v) is 4.06. The van der Waals surface area contributed by atoms with Crippen molar-refractivity contribution >= 4 is 11.9 Å². The summed E-state index contributed by atoms with van der Waals surface area (Å²) in [5, 5.41) is 10.1. The Morgan fingerprint density at radius 1 is 1.09 bits per heavy atom. The summed E-state index contributed by atoms with van der Waals surface area (Å²) in [6, 6.07) is 7.63. The second-order valence-corrected chi connectivity index (χ2v) is 7.86. The number of aliphatic carboxylic acids is 1. The summed E-state index contributed by atoms with van der Waals surface area (Å²) in [6.45, 7) is 4.75. The molecule has 0 aromatic carbocycles. The first kappa shape index (κ1) is 23.9. The number of likely N-dealkylation sites (tertiary alicyclic amines) is 1. The molecule has 4 heterocycles. The van der Waals surface area contributed by atoms with Crippen molar-refractivity contribution in [2.75, 3.05) is 26.3 Å². The standard InChI is InChI=1S/C19H24N2O4.C2HF3O2/c22-19(20-8-16-3-1-5-24-16)7-14-12-23-13-15-9-21(11-18(14)15)10-17-4-2-6-25-17;3-2(4,5)1(6)7/h1-6,14-15,18H,7-13H2,(H,20,22);(H,6,7)/t14-,15-,18+;/m1./s1. The van der Waals surface area contributed by atoms with Crippen LogP contribution in [0.4, 0.5) is 13.2 Å². The second-order valence-electron chi connectivity index (χ2n) is 7.86. The van der Waals surface area contributed by atoms with E-state index in [1.807, 2.05) is 24.3 Å². The summed E-state index contributed by atoms with van der Waals surface area (Å²) in [7, 11) is 0. The van der Waals surface area contributed by atoms with Gasteiger partial charge in [-0.2, -0.15) is 13.2 Å². The molecule has 8 nitrogen and oxygen atoms in total. The average molecular weight is 458 g/mol. The molecule has 2 fully saturated rings. The third-order valence-electron chi connectivity index (χ3n) is 5.53. The number of rotatable bonds is 6. The van der Waals surface area contributed by atoms with Gasteiger partial charge in [0.05, 0.1) is 38.8 Å². The van der Waals surface area contributed by atoms with E-state index in [9.17, 15) is 18.0 Å². The number of carbonyl (C=O) groups is 2. The van der Waals surface area contributed by atoms with Gasteiger partial charge in [0.15, 0.2) is 0 Å². The Labute approximate surface area is 182 Å². The Bertz CT molecular complexity index is 854. The number of hydrogen-bond acceptors (Lipinski definition) is 6. The normalized spacial score (nSPS) is 23.2. The third kappa shape index (κ3) is 6.86. The third-order valence-corrected chi connectivity index (χ3v) is 5.53. The van der Waals surface area contributed by atoms with Crippen LogP contribution < -0.4 is 5.32 Å². The molecule has 4 rings (SSSR count). The molecule has 176 valence electrons. The van der Waals surface area contributed by atoms with E-state index in [1.165, 1.54) is 0 Å². The van der Waals surface area contributed by atoms with Gasteiger partial charge in [-0.25, -0.2) is 4.79 Å². The van der Waals surface area contributed by atoms with Gasteiger partial charge >= 0.3 is 12.1 Å². The molecule has 2 aromatic heterocycles. The van der Waals surface area contributed by atoms with E-state index >= 15 is 0 Å². The molecule has 0 bridgehead atoms. The predicted octanol–water partition coefficient (Wildman–Crippen LogP) is 2.91. The molecule has 2 aromatic rings. The van der Waals surface area contributed by atoms with Crippen molar-refractivity contribution in [3.63, 3.8) is 0 Å². The fraction of sp³-hybridized carbons (Fsp3) is 0.524. The first-order valence-corrected chi connectivity index (χ1v) is 10.1. The topological polar surface area (TPSA) is 105 Å². The zero-order valence-corrected chi connectivity index (χ0v) is 17.2. The van der Waals surface area contributed by atoms with Gasteiger partial charge in [-0.1, -0.05) is 0 Å². The van der Waals surface area contributed by atoms with Crippen LogP contribution in [0.1, 0.15) is 17.9 Å². The number of ether oxygens (including phenoxy) is 1. The van der Waals surface area contributed by atoms with Crippen molar-refractivity contribution in [2.45, 2.75) is 25.7 Å². The summed E-state index contributed by atoms with van der Waals surface area (Å²) >= 11 is 0. The number of carboxylic acid groups (broad SMARTS) is 1. The number of halogens is 3. The number of hydrogen-bond donors (Lipinski definition) is 2. The minimum absolute atomic E-state index is 0.0649. The van der Waals surface area contributed by atoms with Crippen LogP contribution in [-0.2, 0) is 27.4 Å². The van der Waals surface area contributed by atoms with Crippen LogP contribution in [0.15, 0.2) is 45.6 Å². The van der Waals surface area contributed by atoms with Gasteiger partial charge in [-0.3, -0.25) is 9.69 Å². The molecular weight excluding hydrogens is 433 g/mol. The highest BCUT2D eigenvalue weighted by Gasteiger charge is 2.41. The monoisotopic (exact) mass is 458 g/mol. The zero-order chi connectivity index (χ0) is 23.1. The van der Waals surface area contributed by atoms with E-state index in [2.05, 4.69) is 10.2 Å². The van der Waals surface area contributed by atoms with Gasteiger partial charge in [0.25, 0.3) is 0 Å². The lowest BCUT2D eigenvalue weighted by atomic mass is 9.81.